The molecule has 0 fully saturated rings. The molecule has 1 aliphatic rings. The number of hydrogen-bond donors (Lipinski definition) is 1. The van der Waals surface area contributed by atoms with E-state index in [1.54, 1.807) is 6.07 Å². The first-order chi connectivity index (χ1) is 15.6. The van der Waals surface area contributed by atoms with Crippen molar-refractivity contribution in [2.45, 2.75) is 39.4 Å². The Morgan fingerprint density at radius 2 is 2.06 bits per heavy atom. The van der Waals surface area contributed by atoms with Gasteiger partial charge in [0.1, 0.15) is 12.1 Å². The molecular formula is C24H27N5O2S. The molecule has 8 heteroatoms. The first kappa shape index (κ1) is 20.9. The van der Waals surface area contributed by atoms with Crippen LogP contribution in [-0.4, -0.2) is 38.7 Å². The lowest BCUT2D eigenvalue weighted by Crippen LogP contribution is -2.34. The van der Waals surface area contributed by atoms with Gasteiger partial charge in [-0.1, -0.05) is 32.0 Å². The standard InChI is InChI=1S/C24H27N5O2S/c1-16(2)22(25-24(30)18-8-12-31-15-18)23-27-26-21-7-9-28(10-11-29(21)23)14-19-13-17-5-3-4-6-20(17)32-19/h3-6,8,12-13,15-16,22H,7,9-11,14H2,1-2H3,(H,25,30)/t22-/m1/s1. The Morgan fingerprint density at radius 3 is 2.84 bits per heavy atom. The summed E-state index contributed by atoms with van der Waals surface area (Å²) < 4.78 is 8.59. The first-order valence-electron chi connectivity index (χ1n) is 11.0. The van der Waals surface area contributed by atoms with Crippen LogP contribution in [0.2, 0.25) is 0 Å². The van der Waals surface area contributed by atoms with Gasteiger partial charge in [-0.25, -0.2) is 0 Å². The SMILES string of the molecule is CC(C)[C@@H](NC(=O)c1ccoc1)c1nnc2n1CCN(Cc1cc3ccccc3s1)CC2. The first-order valence-corrected chi connectivity index (χ1v) is 11.8. The van der Waals surface area contributed by atoms with E-state index >= 15 is 0 Å². The second kappa shape index (κ2) is 8.88. The van der Waals surface area contributed by atoms with E-state index in [1.165, 1.54) is 27.5 Å². The van der Waals surface area contributed by atoms with E-state index in [0.29, 0.717) is 5.56 Å². The van der Waals surface area contributed by atoms with Gasteiger partial charge in [-0.05, 0) is 29.5 Å². The predicted molar refractivity (Wildman–Crippen MR) is 125 cm³/mol. The second-order valence-electron chi connectivity index (χ2n) is 8.61. The van der Waals surface area contributed by atoms with Gasteiger partial charge in [0.2, 0.25) is 0 Å². The molecule has 1 N–H and O–H groups in total. The van der Waals surface area contributed by atoms with Crippen LogP contribution < -0.4 is 5.32 Å². The van der Waals surface area contributed by atoms with Gasteiger partial charge in [0.15, 0.2) is 5.82 Å². The molecule has 0 bridgehead atoms. The van der Waals surface area contributed by atoms with Gasteiger partial charge in [-0.15, -0.1) is 21.5 Å². The highest BCUT2D eigenvalue weighted by atomic mass is 32.1. The van der Waals surface area contributed by atoms with Gasteiger partial charge in [0, 0.05) is 42.2 Å². The molecule has 0 unspecified atom stereocenters. The zero-order valence-corrected chi connectivity index (χ0v) is 19.1. The van der Waals surface area contributed by atoms with Crippen LogP contribution in [0.5, 0.6) is 0 Å². The van der Waals surface area contributed by atoms with Crippen LogP contribution in [0.1, 0.15) is 46.8 Å². The summed E-state index contributed by atoms with van der Waals surface area (Å²) in [7, 11) is 0. The Labute approximate surface area is 191 Å². The second-order valence-corrected chi connectivity index (χ2v) is 9.78. The Bertz CT molecular complexity index is 1180. The number of carbonyl (C=O) groups excluding carboxylic acids is 1. The molecule has 4 aromatic rings. The van der Waals surface area contributed by atoms with Crippen molar-refractivity contribution in [3.63, 3.8) is 0 Å². The number of nitrogens with zero attached hydrogens (tertiary/aromatic N) is 4. The van der Waals surface area contributed by atoms with E-state index in [-0.39, 0.29) is 17.9 Å². The van der Waals surface area contributed by atoms with Crippen molar-refractivity contribution < 1.29 is 9.21 Å². The third-order valence-corrected chi connectivity index (χ3v) is 7.12. The zero-order chi connectivity index (χ0) is 22.1. The van der Waals surface area contributed by atoms with Crippen molar-refractivity contribution in [1.82, 2.24) is 25.0 Å². The highest BCUT2D eigenvalue weighted by Gasteiger charge is 2.28. The Balaban J connectivity index is 1.31. The molecule has 0 aliphatic carbocycles. The van der Waals surface area contributed by atoms with Crippen LogP contribution in [0.4, 0.5) is 0 Å². The van der Waals surface area contributed by atoms with Crippen LogP contribution in [0.25, 0.3) is 10.1 Å². The molecule has 166 valence electrons. The molecule has 1 aliphatic heterocycles. The molecule has 1 amide bonds. The number of aromatic nitrogens is 3. The number of rotatable bonds is 6. The number of fused-ring (bicyclic) bond motifs is 2. The molecule has 0 saturated carbocycles. The van der Waals surface area contributed by atoms with Crippen molar-refractivity contribution in [2.24, 2.45) is 5.92 Å². The lowest BCUT2D eigenvalue weighted by atomic mass is 10.0. The molecule has 0 saturated heterocycles. The topological polar surface area (TPSA) is 76.2 Å². The van der Waals surface area contributed by atoms with E-state index < -0.39 is 0 Å². The van der Waals surface area contributed by atoms with Gasteiger partial charge < -0.3 is 14.3 Å². The molecular weight excluding hydrogens is 422 g/mol. The highest BCUT2D eigenvalue weighted by molar-refractivity contribution is 7.19. The fraction of sp³-hybridized carbons (Fsp3) is 0.375. The zero-order valence-electron chi connectivity index (χ0n) is 18.3. The number of nitrogens with one attached hydrogen (secondary N) is 1. The number of hydrogen-bond acceptors (Lipinski definition) is 6. The lowest BCUT2D eigenvalue weighted by Gasteiger charge is -2.23. The van der Waals surface area contributed by atoms with E-state index in [0.717, 1.165) is 44.2 Å². The van der Waals surface area contributed by atoms with Crippen LogP contribution in [0.15, 0.2) is 53.3 Å². The van der Waals surface area contributed by atoms with E-state index in [9.17, 15) is 4.79 Å². The minimum absolute atomic E-state index is 0.158. The fourth-order valence-electron chi connectivity index (χ4n) is 4.26. The number of furan rings is 1. The van der Waals surface area contributed by atoms with Gasteiger partial charge in [-0.2, -0.15) is 0 Å². The van der Waals surface area contributed by atoms with Crippen LogP contribution in [-0.2, 0) is 19.5 Å². The van der Waals surface area contributed by atoms with Gasteiger partial charge >= 0.3 is 0 Å². The third kappa shape index (κ3) is 4.20. The Hall–Kier alpha value is -2.97. The number of benzene rings is 1. The number of amides is 1. The molecule has 0 radical (unpaired) electrons. The maximum absolute atomic E-state index is 12.6. The Kier molecular flexibility index (Phi) is 5.80. The van der Waals surface area contributed by atoms with E-state index in [4.69, 9.17) is 4.42 Å². The van der Waals surface area contributed by atoms with Crippen molar-refractivity contribution >= 4 is 27.3 Å². The quantitative estimate of drug-likeness (QED) is 0.476. The predicted octanol–water partition coefficient (Wildman–Crippen LogP) is 4.27. The molecule has 5 rings (SSSR count). The smallest absolute Gasteiger partial charge is 0.255 e. The monoisotopic (exact) mass is 449 g/mol. The number of carbonyl (C=O) groups is 1. The molecule has 1 aromatic carbocycles. The summed E-state index contributed by atoms with van der Waals surface area (Å²) in [6.45, 7) is 7.80. The maximum atomic E-state index is 12.6. The molecule has 7 nitrogen and oxygen atoms in total. The molecule has 0 spiro atoms. The van der Waals surface area contributed by atoms with Crippen molar-refractivity contribution in [1.29, 1.82) is 0 Å². The highest BCUT2D eigenvalue weighted by Crippen LogP contribution is 2.27. The molecule has 4 heterocycles. The maximum Gasteiger partial charge on any atom is 0.255 e. The molecule has 1 atom stereocenters. The van der Waals surface area contributed by atoms with Gasteiger partial charge in [0.25, 0.3) is 5.91 Å². The largest absolute Gasteiger partial charge is 0.472 e. The summed E-state index contributed by atoms with van der Waals surface area (Å²) in [5.41, 5.74) is 0.515. The molecule has 3 aromatic heterocycles. The van der Waals surface area contributed by atoms with E-state index in [2.05, 4.69) is 69.2 Å². The van der Waals surface area contributed by atoms with Crippen LogP contribution in [0.3, 0.4) is 0 Å². The summed E-state index contributed by atoms with van der Waals surface area (Å²) in [5.74, 6) is 1.84. The van der Waals surface area contributed by atoms with Crippen molar-refractivity contribution in [2.75, 3.05) is 13.1 Å². The summed E-state index contributed by atoms with van der Waals surface area (Å²) in [5, 5.41) is 13.4. The summed E-state index contributed by atoms with van der Waals surface area (Å²) >= 11 is 1.87. The summed E-state index contributed by atoms with van der Waals surface area (Å²) in [4.78, 5) is 16.5. The normalized spacial score (nSPS) is 15.6. The van der Waals surface area contributed by atoms with Crippen molar-refractivity contribution in [3.8, 4) is 0 Å². The minimum Gasteiger partial charge on any atom is -0.472 e. The average molecular weight is 450 g/mol. The van der Waals surface area contributed by atoms with Gasteiger partial charge in [0.05, 0.1) is 17.9 Å². The summed E-state index contributed by atoms with van der Waals surface area (Å²) in [6, 6.07) is 12.3. The third-order valence-electron chi connectivity index (χ3n) is 6.02. The average Bonchev–Trinajstić information content (AvgIpc) is 3.51. The van der Waals surface area contributed by atoms with Crippen LogP contribution in [0, 0.1) is 5.92 Å². The lowest BCUT2D eigenvalue weighted by molar-refractivity contribution is 0.0921. The van der Waals surface area contributed by atoms with Crippen LogP contribution >= 0.6 is 11.3 Å². The molecule has 32 heavy (non-hydrogen) atoms. The van der Waals surface area contributed by atoms with Crippen molar-refractivity contribution in [3.05, 3.63) is 71.0 Å². The number of thiophene rings is 1. The summed E-state index contributed by atoms with van der Waals surface area (Å²) in [6.07, 6.45) is 3.81. The minimum atomic E-state index is -0.215. The Morgan fingerprint density at radius 1 is 1.19 bits per heavy atom. The fourth-order valence-corrected chi connectivity index (χ4v) is 5.37. The van der Waals surface area contributed by atoms with Gasteiger partial charge in [-0.3, -0.25) is 9.69 Å². The van der Waals surface area contributed by atoms with E-state index in [1.807, 2.05) is 11.3 Å².